The fraction of sp³-hybridized carbons (Fsp3) is 0.778. The van der Waals surface area contributed by atoms with E-state index in [9.17, 15) is 9.59 Å². The number of carboxylic acid groups (broad SMARTS) is 1. The number of thiol groups is 1. The van der Waals surface area contributed by atoms with Crippen molar-refractivity contribution in [2.75, 3.05) is 12.4 Å². The van der Waals surface area contributed by atoms with Gasteiger partial charge in [0.15, 0.2) is 0 Å². The molecule has 0 bridgehead atoms. The van der Waals surface area contributed by atoms with Crippen LogP contribution in [0.25, 0.3) is 0 Å². The van der Waals surface area contributed by atoms with Crippen LogP contribution in [0.1, 0.15) is 20.3 Å². The van der Waals surface area contributed by atoms with Gasteiger partial charge in [0, 0.05) is 0 Å². The number of alkyl carbamates (subject to hydrolysis) is 1. The fourth-order valence-electron chi connectivity index (χ4n) is 0.813. The predicted octanol–water partition coefficient (Wildman–Crippen LogP) is 1.14. The molecule has 2 N–H and O–H groups in total. The third kappa shape index (κ3) is 7.07. The monoisotopic (exact) mass is 235 g/mol. The molecule has 0 unspecified atom stereocenters. The number of hydrogen-bond acceptors (Lipinski definition) is 4. The van der Waals surface area contributed by atoms with Gasteiger partial charge < -0.3 is 15.2 Å². The van der Waals surface area contributed by atoms with E-state index in [0.29, 0.717) is 5.75 Å². The fourth-order valence-corrected chi connectivity index (χ4v) is 1.07. The molecule has 15 heavy (non-hydrogen) atoms. The van der Waals surface area contributed by atoms with Gasteiger partial charge in [-0.3, -0.25) is 0 Å². The van der Waals surface area contributed by atoms with Gasteiger partial charge in [-0.25, -0.2) is 9.59 Å². The highest BCUT2D eigenvalue weighted by Crippen LogP contribution is 1.97. The van der Waals surface area contributed by atoms with Gasteiger partial charge in [-0.1, -0.05) is 13.8 Å². The van der Waals surface area contributed by atoms with E-state index in [1.54, 1.807) is 0 Å². The molecule has 88 valence electrons. The highest BCUT2D eigenvalue weighted by Gasteiger charge is 2.19. The van der Waals surface area contributed by atoms with Crippen LogP contribution >= 0.6 is 12.6 Å². The van der Waals surface area contributed by atoms with Crippen LogP contribution in [0.5, 0.6) is 0 Å². The summed E-state index contributed by atoms with van der Waals surface area (Å²) in [4.78, 5) is 21.8. The minimum Gasteiger partial charge on any atom is -0.480 e. The summed E-state index contributed by atoms with van der Waals surface area (Å²) >= 11 is 3.91. The summed E-state index contributed by atoms with van der Waals surface area (Å²) in [6, 6.07) is -0.929. The predicted molar refractivity (Wildman–Crippen MR) is 59.2 cm³/mol. The standard InChI is InChI=1S/C9H17NO4S/c1-6(2)5-14-9(13)10-7(3-4-15)8(11)12/h6-7,15H,3-5H2,1-2H3,(H,10,13)(H,11,12)/t7-/m0/s1. The second-order valence-corrected chi connectivity index (χ2v) is 3.99. The lowest BCUT2D eigenvalue weighted by Gasteiger charge is -2.14. The van der Waals surface area contributed by atoms with Gasteiger partial charge in [-0.2, -0.15) is 12.6 Å². The molecule has 0 heterocycles. The van der Waals surface area contributed by atoms with E-state index in [0.717, 1.165) is 0 Å². The number of carboxylic acids is 1. The van der Waals surface area contributed by atoms with Crippen LogP contribution in [0.4, 0.5) is 4.79 Å². The molecule has 0 aliphatic carbocycles. The number of ether oxygens (including phenoxy) is 1. The molecule has 0 radical (unpaired) electrons. The second-order valence-electron chi connectivity index (χ2n) is 3.54. The topological polar surface area (TPSA) is 75.6 Å². The van der Waals surface area contributed by atoms with Crippen LogP contribution < -0.4 is 5.32 Å². The third-order valence-corrected chi connectivity index (χ3v) is 1.81. The molecular weight excluding hydrogens is 218 g/mol. The van der Waals surface area contributed by atoms with Gasteiger partial charge in [0.05, 0.1) is 6.61 Å². The van der Waals surface area contributed by atoms with E-state index >= 15 is 0 Å². The summed E-state index contributed by atoms with van der Waals surface area (Å²) in [6.45, 7) is 4.07. The molecule has 1 amide bonds. The lowest BCUT2D eigenvalue weighted by atomic mass is 10.2. The van der Waals surface area contributed by atoms with E-state index in [1.807, 2.05) is 13.8 Å². The number of rotatable bonds is 6. The van der Waals surface area contributed by atoms with Crippen LogP contribution in [-0.2, 0) is 9.53 Å². The Morgan fingerprint density at radius 1 is 1.47 bits per heavy atom. The van der Waals surface area contributed by atoms with Gasteiger partial charge in [0.1, 0.15) is 6.04 Å². The molecule has 0 aromatic heterocycles. The summed E-state index contributed by atoms with van der Waals surface area (Å²) in [7, 11) is 0. The van der Waals surface area contributed by atoms with Crippen LogP contribution in [0.2, 0.25) is 0 Å². The Bertz CT molecular complexity index is 220. The first-order valence-electron chi connectivity index (χ1n) is 4.74. The lowest BCUT2D eigenvalue weighted by molar-refractivity contribution is -0.139. The van der Waals surface area contributed by atoms with Gasteiger partial charge in [-0.15, -0.1) is 0 Å². The molecule has 0 aromatic rings. The molecule has 0 spiro atoms. The maximum absolute atomic E-state index is 11.1. The molecule has 0 fully saturated rings. The summed E-state index contributed by atoms with van der Waals surface area (Å²) in [5.41, 5.74) is 0. The SMILES string of the molecule is CC(C)COC(=O)N[C@@H](CCS)C(=O)O. The van der Waals surface area contributed by atoms with Crippen molar-refractivity contribution in [3.8, 4) is 0 Å². The van der Waals surface area contributed by atoms with Gasteiger partial charge in [0.2, 0.25) is 0 Å². The summed E-state index contributed by atoms with van der Waals surface area (Å²) in [6.07, 6.45) is -0.423. The van der Waals surface area contributed by atoms with Crippen molar-refractivity contribution < 1.29 is 19.4 Å². The Morgan fingerprint density at radius 3 is 2.47 bits per heavy atom. The molecule has 0 rings (SSSR count). The highest BCUT2D eigenvalue weighted by molar-refractivity contribution is 7.80. The maximum Gasteiger partial charge on any atom is 0.407 e. The largest absolute Gasteiger partial charge is 0.480 e. The zero-order valence-electron chi connectivity index (χ0n) is 8.90. The number of carbonyl (C=O) groups is 2. The number of amides is 1. The first-order valence-corrected chi connectivity index (χ1v) is 5.37. The van der Waals surface area contributed by atoms with Gasteiger partial charge in [-0.05, 0) is 18.1 Å². The summed E-state index contributed by atoms with van der Waals surface area (Å²) < 4.78 is 4.79. The molecule has 0 saturated carbocycles. The van der Waals surface area contributed by atoms with E-state index in [1.165, 1.54) is 0 Å². The third-order valence-electron chi connectivity index (χ3n) is 1.56. The van der Waals surface area contributed by atoms with E-state index in [4.69, 9.17) is 9.84 Å². The molecule has 0 aliphatic heterocycles. The maximum atomic E-state index is 11.1. The quantitative estimate of drug-likeness (QED) is 0.603. The van der Waals surface area contributed by atoms with Crippen LogP contribution in [0.3, 0.4) is 0 Å². The minimum atomic E-state index is -1.08. The molecule has 0 aromatic carbocycles. The molecule has 6 heteroatoms. The zero-order valence-corrected chi connectivity index (χ0v) is 9.79. The Kier molecular flexibility index (Phi) is 6.94. The van der Waals surface area contributed by atoms with Gasteiger partial charge >= 0.3 is 12.1 Å². The van der Waals surface area contributed by atoms with Crippen molar-refractivity contribution in [1.82, 2.24) is 5.32 Å². The number of nitrogens with one attached hydrogen (secondary N) is 1. The van der Waals surface area contributed by atoms with Crippen molar-refractivity contribution in [1.29, 1.82) is 0 Å². The van der Waals surface area contributed by atoms with Crippen molar-refractivity contribution in [2.45, 2.75) is 26.3 Å². The molecule has 5 nitrogen and oxygen atoms in total. The molecular formula is C9H17NO4S. The lowest BCUT2D eigenvalue weighted by Crippen LogP contribution is -2.41. The van der Waals surface area contributed by atoms with E-state index < -0.39 is 18.1 Å². The second kappa shape index (κ2) is 7.39. The van der Waals surface area contributed by atoms with E-state index in [2.05, 4.69) is 17.9 Å². The smallest absolute Gasteiger partial charge is 0.407 e. The number of hydrogen-bond donors (Lipinski definition) is 3. The van der Waals surface area contributed by atoms with E-state index in [-0.39, 0.29) is 18.9 Å². The van der Waals surface area contributed by atoms with Crippen molar-refractivity contribution >= 4 is 24.7 Å². The summed E-state index contributed by atoms with van der Waals surface area (Å²) in [5, 5.41) is 11.0. The highest BCUT2D eigenvalue weighted by atomic mass is 32.1. The van der Waals surface area contributed by atoms with Crippen LogP contribution in [-0.4, -0.2) is 35.6 Å². The number of carbonyl (C=O) groups excluding carboxylic acids is 1. The van der Waals surface area contributed by atoms with Crippen molar-refractivity contribution in [2.24, 2.45) is 5.92 Å². The van der Waals surface area contributed by atoms with Crippen molar-refractivity contribution in [3.63, 3.8) is 0 Å². The Labute approximate surface area is 94.6 Å². The molecule has 1 atom stereocenters. The molecule has 0 aliphatic rings. The summed E-state index contributed by atoms with van der Waals surface area (Å²) in [5.74, 6) is -0.462. The van der Waals surface area contributed by atoms with Gasteiger partial charge in [0.25, 0.3) is 0 Å². The van der Waals surface area contributed by atoms with Crippen LogP contribution in [0.15, 0.2) is 0 Å². The first-order chi connectivity index (χ1) is 6.97. The normalized spacial score (nSPS) is 12.3. The first kappa shape index (κ1) is 14.1. The zero-order chi connectivity index (χ0) is 11.8. The molecule has 0 saturated heterocycles. The minimum absolute atomic E-state index is 0.226. The Hall–Kier alpha value is -0.910. The average molecular weight is 235 g/mol. The Balaban J connectivity index is 3.94. The van der Waals surface area contributed by atoms with Crippen molar-refractivity contribution in [3.05, 3.63) is 0 Å². The van der Waals surface area contributed by atoms with Crippen LogP contribution in [0, 0.1) is 5.92 Å². The average Bonchev–Trinajstić information content (AvgIpc) is 2.14. The number of aliphatic carboxylic acids is 1. The Morgan fingerprint density at radius 2 is 2.07 bits per heavy atom.